The molecule has 0 spiro atoms. The van der Waals surface area contributed by atoms with Gasteiger partial charge in [0.15, 0.2) is 5.82 Å². The number of fused-ring (bicyclic) bond motifs is 1. The van der Waals surface area contributed by atoms with Crippen molar-refractivity contribution in [2.75, 3.05) is 62.8 Å². The predicted molar refractivity (Wildman–Crippen MR) is 146 cm³/mol. The summed E-state index contributed by atoms with van der Waals surface area (Å²) in [5.74, 6) is 1.70. The highest BCUT2D eigenvalue weighted by atomic mass is 19.3. The molecule has 0 radical (unpaired) electrons. The van der Waals surface area contributed by atoms with Gasteiger partial charge >= 0.3 is 0 Å². The van der Waals surface area contributed by atoms with Crippen molar-refractivity contribution in [3.05, 3.63) is 36.2 Å². The van der Waals surface area contributed by atoms with Gasteiger partial charge in [-0.3, -0.25) is 4.57 Å². The Kier molecular flexibility index (Phi) is 7.90. The first-order chi connectivity index (χ1) is 19.1. The molecular weight excluding hydrogens is 504 g/mol. The maximum Gasteiger partial charge on any atom is 0.296 e. The molecule has 3 aliphatic rings. The molecule has 2 aromatic heterocycles. The lowest BCUT2D eigenvalue weighted by Crippen LogP contribution is -2.46. The van der Waals surface area contributed by atoms with Crippen LogP contribution in [0, 0.1) is 5.92 Å². The van der Waals surface area contributed by atoms with Gasteiger partial charge in [-0.2, -0.15) is 9.97 Å². The fraction of sp³-hybridized carbons (Fsp3) is 0.607. The molecule has 3 fully saturated rings. The first-order valence-corrected chi connectivity index (χ1v) is 14.1. The molecule has 11 heteroatoms. The first-order valence-electron chi connectivity index (χ1n) is 14.1. The number of nitrogens with zero attached hydrogens (tertiary/aromatic N) is 6. The molecule has 3 saturated heterocycles. The Balaban J connectivity index is 1.27. The van der Waals surface area contributed by atoms with Crippen molar-refractivity contribution in [2.24, 2.45) is 5.92 Å². The number of alkyl halides is 2. The van der Waals surface area contributed by atoms with Crippen molar-refractivity contribution in [2.45, 2.75) is 51.1 Å². The van der Waals surface area contributed by atoms with E-state index in [1.807, 2.05) is 6.07 Å². The Bertz CT molecular complexity index is 1250. The SMILES string of the molecule is CC(Nc1nc(N2CCOCC2)cc(-n2c(C(F)F)nc3ccccc32)n1)C1CCN(C2CCOCC2)CC1. The number of anilines is 2. The van der Waals surface area contributed by atoms with Crippen LogP contribution in [0.2, 0.25) is 0 Å². The summed E-state index contributed by atoms with van der Waals surface area (Å²) in [4.78, 5) is 18.6. The van der Waals surface area contributed by atoms with E-state index in [2.05, 4.69) is 27.0 Å². The molecule has 3 aliphatic heterocycles. The second kappa shape index (κ2) is 11.7. The Morgan fingerprint density at radius 1 is 0.872 bits per heavy atom. The van der Waals surface area contributed by atoms with E-state index in [0.717, 1.165) is 52.0 Å². The summed E-state index contributed by atoms with van der Waals surface area (Å²) < 4.78 is 40.8. The maximum absolute atomic E-state index is 14.1. The van der Waals surface area contributed by atoms with Crippen molar-refractivity contribution in [1.82, 2.24) is 24.4 Å². The third-order valence-corrected chi connectivity index (χ3v) is 8.39. The van der Waals surface area contributed by atoms with Crippen LogP contribution in [0.1, 0.15) is 44.9 Å². The van der Waals surface area contributed by atoms with E-state index in [-0.39, 0.29) is 11.9 Å². The summed E-state index contributed by atoms with van der Waals surface area (Å²) in [6, 6.07) is 9.73. The second-order valence-corrected chi connectivity index (χ2v) is 10.8. The molecule has 5 heterocycles. The van der Waals surface area contributed by atoms with E-state index in [4.69, 9.17) is 19.4 Å². The number of halogens is 2. The topological polar surface area (TPSA) is 80.6 Å². The first kappa shape index (κ1) is 26.3. The van der Waals surface area contributed by atoms with Crippen LogP contribution in [0.25, 0.3) is 16.9 Å². The third-order valence-electron chi connectivity index (χ3n) is 8.39. The van der Waals surface area contributed by atoms with Gasteiger partial charge < -0.3 is 24.6 Å². The van der Waals surface area contributed by atoms with Gasteiger partial charge in [0.2, 0.25) is 5.95 Å². The zero-order valence-electron chi connectivity index (χ0n) is 22.4. The minimum atomic E-state index is -2.74. The quantitative estimate of drug-likeness (QED) is 0.475. The lowest BCUT2D eigenvalue weighted by Gasteiger charge is -2.40. The maximum atomic E-state index is 14.1. The fourth-order valence-corrected chi connectivity index (χ4v) is 6.14. The van der Waals surface area contributed by atoms with Gasteiger partial charge in [-0.15, -0.1) is 0 Å². The van der Waals surface area contributed by atoms with Crippen LogP contribution in [0.5, 0.6) is 0 Å². The molecule has 1 unspecified atom stereocenters. The monoisotopic (exact) mass is 541 g/mol. The average Bonchev–Trinajstić information content (AvgIpc) is 3.38. The number of nitrogens with one attached hydrogen (secondary N) is 1. The molecule has 9 nitrogen and oxygen atoms in total. The summed E-state index contributed by atoms with van der Waals surface area (Å²) in [6.07, 6.45) is 1.70. The number of aromatic nitrogens is 4. The van der Waals surface area contributed by atoms with Gasteiger partial charge in [-0.1, -0.05) is 12.1 Å². The van der Waals surface area contributed by atoms with Crippen molar-refractivity contribution < 1.29 is 18.3 Å². The van der Waals surface area contributed by atoms with Crippen LogP contribution in [0.4, 0.5) is 20.5 Å². The van der Waals surface area contributed by atoms with Crippen LogP contribution in [0.15, 0.2) is 30.3 Å². The van der Waals surface area contributed by atoms with Crippen molar-refractivity contribution in [3.63, 3.8) is 0 Å². The molecule has 210 valence electrons. The third kappa shape index (κ3) is 5.71. The van der Waals surface area contributed by atoms with Crippen LogP contribution in [0.3, 0.4) is 0 Å². The van der Waals surface area contributed by atoms with Crippen molar-refractivity contribution in [1.29, 1.82) is 0 Å². The number of hydrogen-bond donors (Lipinski definition) is 1. The number of benzene rings is 1. The molecule has 0 saturated carbocycles. The molecule has 1 atom stereocenters. The molecule has 39 heavy (non-hydrogen) atoms. The van der Waals surface area contributed by atoms with Crippen molar-refractivity contribution in [3.8, 4) is 5.82 Å². The molecule has 1 N–H and O–H groups in total. The van der Waals surface area contributed by atoms with Crippen LogP contribution < -0.4 is 10.2 Å². The van der Waals surface area contributed by atoms with Gasteiger partial charge in [0, 0.05) is 44.5 Å². The molecule has 1 aromatic carbocycles. The number of piperidine rings is 1. The van der Waals surface area contributed by atoms with E-state index in [1.54, 1.807) is 24.3 Å². The average molecular weight is 542 g/mol. The number of likely N-dealkylation sites (tertiary alicyclic amines) is 1. The summed E-state index contributed by atoms with van der Waals surface area (Å²) >= 11 is 0. The highest BCUT2D eigenvalue weighted by molar-refractivity contribution is 5.78. The molecular formula is C28H37F2N7O2. The van der Waals surface area contributed by atoms with Crippen LogP contribution in [-0.2, 0) is 9.47 Å². The lowest BCUT2D eigenvalue weighted by molar-refractivity contribution is 0.0201. The number of rotatable bonds is 7. The zero-order chi connectivity index (χ0) is 26.8. The van der Waals surface area contributed by atoms with E-state index in [1.165, 1.54) is 4.57 Å². The molecule has 0 amide bonds. The fourth-order valence-electron chi connectivity index (χ4n) is 6.14. The smallest absolute Gasteiger partial charge is 0.296 e. The standard InChI is InChI=1S/C28H37F2N7O2/c1-19(20-6-10-35(11-7-20)21-8-14-38-15-9-21)31-28-33-24(36-12-16-39-17-13-36)18-25(34-28)37-23-5-3-2-4-22(23)32-27(37)26(29)30/h2-5,18-21,26H,6-17H2,1H3,(H,31,33,34). The molecule has 0 aliphatic carbocycles. The molecule has 3 aromatic rings. The van der Waals surface area contributed by atoms with Gasteiger partial charge in [0.1, 0.15) is 11.6 Å². The minimum absolute atomic E-state index is 0.142. The number of imidazole rings is 1. The highest BCUT2D eigenvalue weighted by Gasteiger charge is 2.30. The van der Waals surface area contributed by atoms with Crippen molar-refractivity contribution >= 4 is 22.8 Å². The normalized spacial score (nSPS) is 21.1. The van der Waals surface area contributed by atoms with Gasteiger partial charge in [0.05, 0.1) is 24.2 Å². The van der Waals surface area contributed by atoms with Crippen LogP contribution >= 0.6 is 0 Å². The van der Waals surface area contributed by atoms with E-state index in [9.17, 15) is 8.78 Å². The Morgan fingerprint density at radius 3 is 2.31 bits per heavy atom. The summed E-state index contributed by atoms with van der Waals surface area (Å²) in [5, 5.41) is 3.54. The summed E-state index contributed by atoms with van der Waals surface area (Å²) in [5.41, 5.74) is 1.11. The van der Waals surface area contributed by atoms with E-state index >= 15 is 0 Å². The highest BCUT2D eigenvalue weighted by Crippen LogP contribution is 2.31. The van der Waals surface area contributed by atoms with Crippen LogP contribution in [-0.4, -0.2) is 89.1 Å². The van der Waals surface area contributed by atoms with Gasteiger partial charge in [-0.05, 0) is 63.7 Å². The van der Waals surface area contributed by atoms with Gasteiger partial charge in [0.25, 0.3) is 6.43 Å². The summed E-state index contributed by atoms with van der Waals surface area (Å²) in [6.45, 7) is 8.63. The predicted octanol–water partition coefficient (Wildman–Crippen LogP) is 4.28. The number of morpholine rings is 1. The van der Waals surface area contributed by atoms with E-state index in [0.29, 0.717) is 66.9 Å². The zero-order valence-corrected chi connectivity index (χ0v) is 22.4. The molecule has 0 bridgehead atoms. The Hall–Kier alpha value is -2.89. The lowest BCUT2D eigenvalue weighted by atomic mass is 9.89. The second-order valence-electron chi connectivity index (χ2n) is 10.8. The van der Waals surface area contributed by atoms with Gasteiger partial charge in [-0.25, -0.2) is 13.8 Å². The molecule has 6 rings (SSSR count). The number of ether oxygens (including phenoxy) is 2. The number of para-hydroxylation sites is 2. The minimum Gasteiger partial charge on any atom is -0.381 e. The Labute approximate surface area is 227 Å². The number of hydrogen-bond acceptors (Lipinski definition) is 8. The Morgan fingerprint density at radius 2 is 1.56 bits per heavy atom. The summed E-state index contributed by atoms with van der Waals surface area (Å²) in [7, 11) is 0. The largest absolute Gasteiger partial charge is 0.381 e. The van der Waals surface area contributed by atoms with E-state index < -0.39 is 6.43 Å².